The summed E-state index contributed by atoms with van der Waals surface area (Å²) in [4.78, 5) is 0. The topological polar surface area (TPSA) is 18.1 Å². The van der Waals surface area contributed by atoms with E-state index in [0.29, 0.717) is 5.92 Å². The average molecular weight is 740 g/mol. The van der Waals surface area contributed by atoms with E-state index >= 15 is 0 Å². The van der Waals surface area contributed by atoms with Gasteiger partial charge in [0.2, 0.25) is 0 Å². The van der Waals surface area contributed by atoms with E-state index in [2.05, 4.69) is 89.5 Å². The van der Waals surface area contributed by atoms with E-state index in [-0.39, 0.29) is 0 Å². The number of rotatable bonds is 2. The Hall–Kier alpha value is -3.52. The lowest BCUT2D eigenvalue weighted by Gasteiger charge is -2.65. The van der Waals surface area contributed by atoms with Crippen LogP contribution in [-0.2, 0) is 0 Å². The highest BCUT2D eigenvalue weighted by Gasteiger charge is 2.60. The second kappa shape index (κ2) is 13.0. The van der Waals surface area contributed by atoms with Crippen molar-refractivity contribution in [1.82, 2.24) is 4.57 Å². The molecule has 13 unspecified atom stereocenters. The third kappa shape index (κ3) is 4.86. The van der Waals surface area contributed by atoms with Crippen LogP contribution in [-0.4, -0.2) is 4.57 Å². The molecule has 0 aliphatic heterocycles. The second-order valence-electron chi connectivity index (χ2n) is 20.7. The summed E-state index contributed by atoms with van der Waals surface area (Å²) in [6, 6.07) is 31.8. The van der Waals surface area contributed by atoms with Crippen molar-refractivity contribution in [3.63, 3.8) is 0 Å². The van der Waals surface area contributed by atoms with Crippen molar-refractivity contribution < 1.29 is 4.42 Å². The normalized spacial score (nSPS) is 38.0. The number of fused-ring (bicyclic) bond motifs is 18. The molecule has 2 nitrogen and oxygen atoms in total. The minimum atomic E-state index is 0.619. The number of hydrogen-bond acceptors (Lipinski definition) is 1. The highest BCUT2D eigenvalue weighted by Crippen LogP contribution is 2.68. The summed E-state index contributed by atoms with van der Waals surface area (Å²) in [5.74, 6) is 13.1. The molecule has 0 spiro atoms. The maximum Gasteiger partial charge on any atom is 0.138 e. The largest absolute Gasteiger partial charge is 0.456 e. The van der Waals surface area contributed by atoms with Crippen molar-refractivity contribution in [2.45, 2.75) is 115 Å². The Morgan fingerprint density at radius 2 is 0.875 bits per heavy atom. The van der Waals surface area contributed by atoms with Gasteiger partial charge in [-0.1, -0.05) is 93.1 Å². The van der Waals surface area contributed by atoms with Crippen LogP contribution >= 0.6 is 0 Å². The zero-order chi connectivity index (χ0) is 36.5. The monoisotopic (exact) mass is 739 g/mol. The highest BCUT2D eigenvalue weighted by atomic mass is 16.3. The lowest BCUT2D eigenvalue weighted by atomic mass is 9.40. The third-order valence-electron chi connectivity index (χ3n) is 18.9. The van der Waals surface area contributed by atoms with Gasteiger partial charge in [0.1, 0.15) is 11.2 Å². The number of aromatic nitrogens is 1. The molecule has 0 N–H and O–H groups in total. The van der Waals surface area contributed by atoms with Gasteiger partial charge in [-0.3, -0.25) is 0 Å². The summed E-state index contributed by atoms with van der Waals surface area (Å²) < 4.78 is 9.41. The lowest BCUT2D eigenvalue weighted by Crippen LogP contribution is -2.57. The molecule has 7 saturated carbocycles. The Balaban J connectivity index is 0.842. The van der Waals surface area contributed by atoms with Gasteiger partial charge in [0.05, 0.1) is 11.0 Å². The molecule has 7 fully saturated rings. The molecule has 0 bridgehead atoms. The Labute approximate surface area is 333 Å². The predicted octanol–water partition coefficient (Wildman–Crippen LogP) is 14.9. The van der Waals surface area contributed by atoms with Crippen LogP contribution in [0.3, 0.4) is 0 Å². The van der Waals surface area contributed by atoms with Gasteiger partial charge in [0.15, 0.2) is 0 Å². The highest BCUT2D eigenvalue weighted by molar-refractivity contribution is 6.10. The molecule has 7 aliphatic carbocycles. The fourth-order valence-electron chi connectivity index (χ4n) is 17.1. The molecule has 13 atom stereocenters. The molecule has 4 aromatic carbocycles. The van der Waals surface area contributed by atoms with Gasteiger partial charge < -0.3 is 8.98 Å². The van der Waals surface area contributed by atoms with Crippen molar-refractivity contribution in [3.05, 3.63) is 90.5 Å². The van der Waals surface area contributed by atoms with Crippen LogP contribution < -0.4 is 0 Å². The van der Waals surface area contributed by atoms with Gasteiger partial charge in [0.25, 0.3) is 0 Å². The van der Waals surface area contributed by atoms with Gasteiger partial charge >= 0.3 is 0 Å². The standard InChI is InChI=1S/C54H61NO/c1-3-14-37-35(12-1)36-13-2-4-15-38(36)47-31-49-41-26-24-32(28-45(41)39-16-5-6-17-40(39)48(49)30-46(37)47)34-20-11-21-44-50-29-33(25-27-53(50)56-54(34)44)55-51-22-9-7-18-42(51)43-19-8-10-23-52(43)55/h7-11,18-23,25,27,29,32,35-41,45-49H,1-6,12-17,24,26,28,30-31H2. The molecule has 56 heavy (non-hydrogen) atoms. The SMILES string of the molecule is c1cc(C2CCC3C(C2)C2CCCCC2C2CC4C5CCCCC5C5CCCCC5C4CC32)c2oc3ccc(-n4c5ccccc5c5ccccc54)cc3c2c1. The zero-order valence-electron chi connectivity index (χ0n) is 33.5. The van der Waals surface area contributed by atoms with Crippen molar-refractivity contribution >= 4 is 43.7 Å². The van der Waals surface area contributed by atoms with E-state index in [1.165, 1.54) is 114 Å². The summed E-state index contributed by atoms with van der Waals surface area (Å²) in [6.45, 7) is 0. The zero-order valence-corrected chi connectivity index (χ0v) is 33.5. The van der Waals surface area contributed by atoms with Crippen LogP contribution in [0.1, 0.15) is 121 Å². The summed E-state index contributed by atoms with van der Waals surface area (Å²) in [5.41, 5.74) is 7.46. The smallest absolute Gasteiger partial charge is 0.138 e. The first-order chi connectivity index (χ1) is 27.8. The van der Waals surface area contributed by atoms with Crippen LogP contribution in [0.2, 0.25) is 0 Å². The quantitative estimate of drug-likeness (QED) is 0.173. The predicted molar refractivity (Wildman–Crippen MR) is 231 cm³/mol. The van der Waals surface area contributed by atoms with E-state index < -0.39 is 0 Å². The fourth-order valence-corrected chi connectivity index (χ4v) is 17.1. The first-order valence-corrected chi connectivity index (χ1v) is 23.7. The van der Waals surface area contributed by atoms with Gasteiger partial charge in [-0.05, 0) is 183 Å². The number of benzene rings is 4. The first kappa shape index (κ1) is 33.5. The number of hydrogen-bond donors (Lipinski definition) is 0. The summed E-state index contributed by atoms with van der Waals surface area (Å²) >= 11 is 0. The molecule has 2 aromatic heterocycles. The molecule has 6 aromatic rings. The molecule has 2 heterocycles. The Morgan fingerprint density at radius 1 is 0.393 bits per heavy atom. The van der Waals surface area contributed by atoms with Crippen LogP contribution in [0.15, 0.2) is 89.3 Å². The minimum absolute atomic E-state index is 0.619. The van der Waals surface area contributed by atoms with Crippen LogP contribution in [0.25, 0.3) is 49.4 Å². The Kier molecular flexibility index (Phi) is 7.76. The molecule has 2 heteroatoms. The van der Waals surface area contributed by atoms with Crippen molar-refractivity contribution in [3.8, 4) is 5.69 Å². The summed E-state index contributed by atoms with van der Waals surface area (Å²) in [5, 5.41) is 5.19. The van der Waals surface area contributed by atoms with Gasteiger partial charge in [0, 0.05) is 27.2 Å². The third-order valence-corrected chi connectivity index (χ3v) is 18.9. The molecule has 0 amide bonds. The fraction of sp³-hybridized carbons (Fsp3) is 0.556. The summed E-state index contributed by atoms with van der Waals surface area (Å²) in [6.07, 6.45) is 26.0. The molecule has 7 aliphatic rings. The van der Waals surface area contributed by atoms with E-state index in [1.807, 2.05) is 0 Å². The second-order valence-corrected chi connectivity index (χ2v) is 20.7. The molecule has 0 radical (unpaired) electrons. The Morgan fingerprint density at radius 3 is 1.45 bits per heavy atom. The van der Waals surface area contributed by atoms with Crippen molar-refractivity contribution in [2.24, 2.45) is 71.0 Å². The molecule has 13 rings (SSSR count). The molecular formula is C54H61NO. The van der Waals surface area contributed by atoms with Crippen LogP contribution in [0, 0.1) is 71.0 Å². The number of nitrogens with zero attached hydrogens (tertiary/aromatic N) is 1. The van der Waals surface area contributed by atoms with Gasteiger partial charge in [-0.25, -0.2) is 0 Å². The molecular weight excluding hydrogens is 679 g/mol. The van der Waals surface area contributed by atoms with Gasteiger partial charge in [-0.15, -0.1) is 0 Å². The summed E-state index contributed by atoms with van der Waals surface area (Å²) in [7, 11) is 0. The average Bonchev–Trinajstić information content (AvgIpc) is 3.81. The maximum atomic E-state index is 6.96. The van der Waals surface area contributed by atoms with E-state index in [1.54, 1.807) is 44.9 Å². The van der Waals surface area contributed by atoms with Gasteiger partial charge in [-0.2, -0.15) is 0 Å². The van der Waals surface area contributed by atoms with Crippen LogP contribution in [0.4, 0.5) is 0 Å². The van der Waals surface area contributed by atoms with E-state index in [0.717, 1.165) is 76.6 Å². The van der Waals surface area contributed by atoms with Crippen LogP contribution in [0.5, 0.6) is 0 Å². The molecule has 0 saturated heterocycles. The minimum Gasteiger partial charge on any atom is -0.456 e. The maximum absolute atomic E-state index is 6.96. The van der Waals surface area contributed by atoms with Crippen molar-refractivity contribution in [1.29, 1.82) is 0 Å². The number of furan rings is 1. The lowest BCUT2D eigenvalue weighted by molar-refractivity contribution is -0.155. The Bertz CT molecular complexity index is 2390. The van der Waals surface area contributed by atoms with Crippen molar-refractivity contribution in [2.75, 3.05) is 0 Å². The van der Waals surface area contributed by atoms with E-state index in [4.69, 9.17) is 4.42 Å². The van der Waals surface area contributed by atoms with E-state index in [9.17, 15) is 0 Å². The number of para-hydroxylation sites is 3. The molecule has 288 valence electrons. The first-order valence-electron chi connectivity index (χ1n) is 23.7.